The zero-order chi connectivity index (χ0) is 11.4. The number of nitrogens with zero attached hydrogens (tertiary/aromatic N) is 2. The Labute approximate surface area is 97.9 Å². The first-order valence-corrected chi connectivity index (χ1v) is 5.86. The molecule has 2 N–H and O–H groups in total. The van der Waals surface area contributed by atoms with E-state index in [0.717, 1.165) is 6.54 Å². The van der Waals surface area contributed by atoms with E-state index in [1.165, 1.54) is 9.75 Å². The summed E-state index contributed by atoms with van der Waals surface area (Å²) >= 11 is 1.76. The third-order valence-electron chi connectivity index (χ3n) is 2.00. The Balaban J connectivity index is 1.89. The highest BCUT2D eigenvalue weighted by Gasteiger charge is 2.04. The molecule has 0 bridgehead atoms. The number of thiophene rings is 1. The van der Waals surface area contributed by atoms with Gasteiger partial charge in [-0.3, -0.25) is 0 Å². The summed E-state index contributed by atoms with van der Waals surface area (Å²) in [7, 11) is 1.84. The molecule has 86 valence electrons. The number of hydrogen-bond acceptors (Lipinski definition) is 6. The van der Waals surface area contributed by atoms with Gasteiger partial charge in [-0.1, -0.05) is 5.10 Å². The van der Waals surface area contributed by atoms with Crippen molar-refractivity contribution >= 4 is 17.4 Å². The van der Waals surface area contributed by atoms with Crippen molar-refractivity contribution in [1.29, 1.82) is 0 Å². The molecule has 0 fully saturated rings. The molecule has 2 rings (SSSR count). The Bertz CT molecular complexity index is 451. The molecule has 2 aromatic heterocycles. The number of rotatable bonds is 5. The molecule has 0 saturated carbocycles. The summed E-state index contributed by atoms with van der Waals surface area (Å²) in [6, 6.07) is 4.66. The van der Waals surface area contributed by atoms with E-state index in [1.807, 2.05) is 7.05 Å². The van der Waals surface area contributed by atoms with E-state index in [4.69, 9.17) is 4.42 Å². The summed E-state index contributed by atoms with van der Waals surface area (Å²) in [5.41, 5.74) is 0. The molecule has 2 aromatic rings. The van der Waals surface area contributed by atoms with E-state index in [0.29, 0.717) is 18.5 Å². The topological polar surface area (TPSA) is 63.0 Å². The molecular weight excluding hydrogens is 224 g/mol. The summed E-state index contributed by atoms with van der Waals surface area (Å²) in [6.07, 6.45) is 0. The van der Waals surface area contributed by atoms with Crippen LogP contribution in [-0.4, -0.2) is 17.2 Å². The van der Waals surface area contributed by atoms with Gasteiger partial charge in [-0.25, -0.2) is 0 Å². The third kappa shape index (κ3) is 2.80. The molecule has 5 nitrogen and oxygen atoms in total. The molecule has 16 heavy (non-hydrogen) atoms. The van der Waals surface area contributed by atoms with Gasteiger partial charge in [0.1, 0.15) is 0 Å². The summed E-state index contributed by atoms with van der Waals surface area (Å²) in [5, 5.41) is 13.8. The Morgan fingerprint density at radius 2 is 2.19 bits per heavy atom. The number of aromatic nitrogens is 2. The monoisotopic (exact) mass is 238 g/mol. The zero-order valence-corrected chi connectivity index (χ0v) is 10.1. The Morgan fingerprint density at radius 3 is 2.88 bits per heavy atom. The number of nitrogens with one attached hydrogen (secondary N) is 2. The van der Waals surface area contributed by atoms with Crippen LogP contribution in [0.25, 0.3) is 0 Å². The van der Waals surface area contributed by atoms with Gasteiger partial charge < -0.3 is 15.1 Å². The van der Waals surface area contributed by atoms with Crippen molar-refractivity contribution in [3.63, 3.8) is 0 Å². The van der Waals surface area contributed by atoms with Gasteiger partial charge in [0.25, 0.3) is 0 Å². The lowest BCUT2D eigenvalue weighted by Crippen LogP contribution is -2.04. The predicted molar refractivity (Wildman–Crippen MR) is 63.4 cm³/mol. The van der Waals surface area contributed by atoms with Gasteiger partial charge in [-0.05, 0) is 26.1 Å². The Hall–Kier alpha value is -1.40. The molecule has 0 spiro atoms. The van der Waals surface area contributed by atoms with Crippen molar-refractivity contribution < 1.29 is 4.42 Å². The van der Waals surface area contributed by atoms with Gasteiger partial charge in [0, 0.05) is 9.75 Å². The average molecular weight is 238 g/mol. The van der Waals surface area contributed by atoms with E-state index in [2.05, 4.69) is 39.9 Å². The van der Waals surface area contributed by atoms with Gasteiger partial charge in [-0.15, -0.1) is 16.4 Å². The lowest BCUT2D eigenvalue weighted by atomic mass is 10.4. The molecule has 0 saturated heterocycles. The van der Waals surface area contributed by atoms with Gasteiger partial charge in [-0.2, -0.15) is 0 Å². The first-order chi connectivity index (χ1) is 7.78. The highest BCUT2D eigenvalue weighted by atomic mass is 32.1. The van der Waals surface area contributed by atoms with Crippen LogP contribution in [0.5, 0.6) is 0 Å². The normalized spacial score (nSPS) is 10.6. The van der Waals surface area contributed by atoms with Gasteiger partial charge in [0.2, 0.25) is 5.89 Å². The van der Waals surface area contributed by atoms with Crippen LogP contribution in [0.4, 0.5) is 6.01 Å². The van der Waals surface area contributed by atoms with Crippen LogP contribution in [0.2, 0.25) is 0 Å². The molecule has 0 aliphatic rings. The SMILES string of the molecule is CNCc1nnc(NCc2ccc(C)s2)o1. The zero-order valence-electron chi connectivity index (χ0n) is 9.28. The van der Waals surface area contributed by atoms with E-state index in [-0.39, 0.29) is 0 Å². The molecule has 0 radical (unpaired) electrons. The summed E-state index contributed by atoms with van der Waals surface area (Å²) in [6.45, 7) is 3.40. The molecule has 0 aliphatic heterocycles. The van der Waals surface area contributed by atoms with Crippen molar-refractivity contribution in [3.8, 4) is 0 Å². The van der Waals surface area contributed by atoms with Crippen LogP contribution in [0, 0.1) is 6.92 Å². The Kier molecular flexibility index (Phi) is 3.53. The van der Waals surface area contributed by atoms with Crippen LogP contribution in [0.1, 0.15) is 15.6 Å². The lowest BCUT2D eigenvalue weighted by molar-refractivity contribution is 0.489. The third-order valence-corrected chi connectivity index (χ3v) is 3.01. The maximum Gasteiger partial charge on any atom is 0.315 e. The average Bonchev–Trinajstić information content (AvgIpc) is 2.85. The molecule has 0 unspecified atom stereocenters. The molecule has 0 aliphatic carbocycles. The first kappa shape index (κ1) is 11.1. The summed E-state index contributed by atoms with van der Waals surface area (Å²) in [4.78, 5) is 2.56. The fraction of sp³-hybridized carbons (Fsp3) is 0.400. The van der Waals surface area contributed by atoms with Gasteiger partial charge in [0.15, 0.2) is 0 Å². The molecule has 6 heteroatoms. The van der Waals surface area contributed by atoms with Crippen molar-refractivity contribution in [2.45, 2.75) is 20.0 Å². The highest BCUT2D eigenvalue weighted by molar-refractivity contribution is 7.11. The van der Waals surface area contributed by atoms with E-state index >= 15 is 0 Å². The fourth-order valence-electron chi connectivity index (χ4n) is 1.29. The van der Waals surface area contributed by atoms with Gasteiger partial charge in [0.05, 0.1) is 13.1 Å². The van der Waals surface area contributed by atoms with E-state index in [9.17, 15) is 0 Å². The van der Waals surface area contributed by atoms with Crippen LogP contribution < -0.4 is 10.6 Å². The fourth-order valence-corrected chi connectivity index (χ4v) is 2.12. The smallest absolute Gasteiger partial charge is 0.315 e. The second kappa shape index (κ2) is 5.09. The second-order valence-electron chi connectivity index (χ2n) is 3.40. The van der Waals surface area contributed by atoms with Crippen LogP contribution in [0.15, 0.2) is 16.5 Å². The summed E-state index contributed by atoms with van der Waals surface area (Å²) in [5.74, 6) is 0.590. The van der Waals surface area contributed by atoms with E-state index < -0.39 is 0 Å². The van der Waals surface area contributed by atoms with Crippen LogP contribution in [-0.2, 0) is 13.1 Å². The largest absolute Gasteiger partial charge is 0.407 e. The first-order valence-electron chi connectivity index (χ1n) is 5.04. The lowest BCUT2D eigenvalue weighted by Gasteiger charge is -1.97. The molecule has 0 amide bonds. The molecule has 2 heterocycles. The predicted octanol–water partition coefficient (Wildman–Crippen LogP) is 1.77. The highest BCUT2D eigenvalue weighted by Crippen LogP contribution is 2.16. The maximum absolute atomic E-state index is 5.36. The standard InChI is InChI=1S/C10H14N4OS/c1-7-3-4-8(16-7)5-12-10-14-13-9(15-10)6-11-2/h3-4,11H,5-6H2,1-2H3,(H,12,14). The minimum atomic E-state index is 0.469. The molecule has 0 atom stereocenters. The quantitative estimate of drug-likeness (QED) is 0.831. The van der Waals surface area contributed by atoms with Crippen molar-refractivity contribution in [1.82, 2.24) is 15.5 Å². The molecule has 0 aromatic carbocycles. The summed E-state index contributed by atoms with van der Waals surface area (Å²) < 4.78 is 5.36. The van der Waals surface area contributed by atoms with Crippen molar-refractivity contribution in [3.05, 3.63) is 27.8 Å². The Morgan fingerprint density at radius 1 is 1.31 bits per heavy atom. The number of hydrogen-bond donors (Lipinski definition) is 2. The number of anilines is 1. The van der Waals surface area contributed by atoms with Crippen LogP contribution >= 0.6 is 11.3 Å². The van der Waals surface area contributed by atoms with Crippen molar-refractivity contribution in [2.24, 2.45) is 0 Å². The molecular formula is C10H14N4OS. The second-order valence-corrected chi connectivity index (χ2v) is 4.77. The minimum absolute atomic E-state index is 0.469. The minimum Gasteiger partial charge on any atom is -0.407 e. The maximum atomic E-state index is 5.36. The van der Waals surface area contributed by atoms with E-state index in [1.54, 1.807) is 11.3 Å². The van der Waals surface area contributed by atoms with Gasteiger partial charge >= 0.3 is 6.01 Å². The van der Waals surface area contributed by atoms with Crippen molar-refractivity contribution in [2.75, 3.05) is 12.4 Å². The van der Waals surface area contributed by atoms with Crippen LogP contribution in [0.3, 0.4) is 0 Å². The number of aryl methyl sites for hydroxylation is 1.